The largest absolute Gasteiger partial charge is 0.478 e. The van der Waals surface area contributed by atoms with Crippen molar-refractivity contribution in [2.75, 3.05) is 0 Å². The minimum absolute atomic E-state index is 0.235. The van der Waals surface area contributed by atoms with E-state index in [0.29, 0.717) is 17.4 Å². The van der Waals surface area contributed by atoms with Crippen LogP contribution in [-0.4, -0.2) is 16.1 Å². The van der Waals surface area contributed by atoms with Gasteiger partial charge in [0, 0.05) is 5.92 Å². The van der Waals surface area contributed by atoms with Gasteiger partial charge in [0.15, 0.2) is 11.5 Å². The molecule has 0 radical (unpaired) electrons. The summed E-state index contributed by atoms with van der Waals surface area (Å²) in [5, 5.41) is 8.85. The lowest BCUT2D eigenvalue weighted by molar-refractivity contribution is 0.0697. The quantitative estimate of drug-likeness (QED) is 0.839. The monoisotopic (exact) mass is 217 g/mol. The lowest BCUT2D eigenvalue weighted by Gasteiger charge is -1.91. The van der Waals surface area contributed by atoms with Crippen molar-refractivity contribution in [3.05, 3.63) is 29.7 Å². The summed E-state index contributed by atoms with van der Waals surface area (Å²) in [6.45, 7) is 2.15. The molecule has 1 heterocycles. The van der Waals surface area contributed by atoms with E-state index in [1.807, 2.05) is 0 Å². The second-order valence-corrected chi connectivity index (χ2v) is 4.36. The van der Waals surface area contributed by atoms with E-state index in [1.54, 1.807) is 12.1 Å². The van der Waals surface area contributed by atoms with E-state index in [-0.39, 0.29) is 5.56 Å². The number of hydrogen-bond donors (Lipinski definition) is 1. The predicted octanol–water partition coefficient (Wildman–Crippen LogP) is 2.65. The van der Waals surface area contributed by atoms with Gasteiger partial charge in [-0.05, 0) is 30.5 Å². The van der Waals surface area contributed by atoms with Crippen molar-refractivity contribution in [1.82, 2.24) is 4.98 Å². The third kappa shape index (κ3) is 1.38. The molecule has 0 spiro atoms. The number of carboxylic acid groups (broad SMARTS) is 1. The maximum atomic E-state index is 10.8. The Bertz CT molecular complexity index is 573. The van der Waals surface area contributed by atoms with E-state index in [0.717, 1.165) is 17.8 Å². The summed E-state index contributed by atoms with van der Waals surface area (Å²) in [4.78, 5) is 15.2. The number of nitrogens with zero attached hydrogens (tertiary/aromatic N) is 1. The molecule has 1 aliphatic rings. The van der Waals surface area contributed by atoms with Crippen LogP contribution in [-0.2, 0) is 0 Å². The zero-order valence-corrected chi connectivity index (χ0v) is 8.80. The van der Waals surface area contributed by atoms with Gasteiger partial charge < -0.3 is 9.52 Å². The molecule has 4 nitrogen and oxygen atoms in total. The van der Waals surface area contributed by atoms with E-state index in [4.69, 9.17) is 9.52 Å². The minimum atomic E-state index is -0.945. The molecule has 1 saturated carbocycles. The van der Waals surface area contributed by atoms with Crippen molar-refractivity contribution in [2.24, 2.45) is 5.92 Å². The highest BCUT2D eigenvalue weighted by molar-refractivity contribution is 5.91. The molecular formula is C12H11NO3. The standard InChI is InChI=1S/C12H11NO3/c1-6-4-8(6)11-13-9-3-2-7(12(14)15)5-10(9)16-11/h2-3,5-6,8H,4H2,1H3,(H,14,15). The van der Waals surface area contributed by atoms with Gasteiger partial charge in [-0.15, -0.1) is 0 Å². The number of oxazole rings is 1. The van der Waals surface area contributed by atoms with Crippen LogP contribution in [0.4, 0.5) is 0 Å². The third-order valence-electron chi connectivity index (χ3n) is 3.08. The van der Waals surface area contributed by atoms with Gasteiger partial charge in [0.05, 0.1) is 5.56 Å². The molecule has 1 aromatic heterocycles. The molecule has 1 aromatic carbocycles. The van der Waals surface area contributed by atoms with E-state index in [9.17, 15) is 4.79 Å². The van der Waals surface area contributed by atoms with Crippen molar-refractivity contribution < 1.29 is 14.3 Å². The van der Waals surface area contributed by atoms with Gasteiger partial charge in [-0.1, -0.05) is 6.92 Å². The number of aromatic carboxylic acids is 1. The summed E-state index contributed by atoms with van der Waals surface area (Å²) in [7, 11) is 0. The molecular weight excluding hydrogens is 206 g/mol. The van der Waals surface area contributed by atoms with Crippen molar-refractivity contribution >= 4 is 17.1 Å². The van der Waals surface area contributed by atoms with Gasteiger partial charge in [-0.25, -0.2) is 9.78 Å². The van der Waals surface area contributed by atoms with Crippen LogP contribution in [0.2, 0.25) is 0 Å². The Hall–Kier alpha value is -1.84. The average Bonchev–Trinajstić information content (AvgIpc) is 2.84. The Balaban J connectivity index is 2.07. The normalized spacial score (nSPS) is 23.6. The Kier molecular flexibility index (Phi) is 1.80. The zero-order chi connectivity index (χ0) is 11.3. The zero-order valence-electron chi connectivity index (χ0n) is 8.80. The molecule has 3 rings (SSSR count). The molecule has 2 unspecified atom stereocenters. The predicted molar refractivity (Wildman–Crippen MR) is 57.5 cm³/mol. The minimum Gasteiger partial charge on any atom is -0.478 e. The van der Waals surface area contributed by atoms with Crippen molar-refractivity contribution in [2.45, 2.75) is 19.3 Å². The highest BCUT2D eigenvalue weighted by Gasteiger charge is 2.38. The topological polar surface area (TPSA) is 63.3 Å². The smallest absolute Gasteiger partial charge is 0.335 e. The molecule has 0 amide bonds. The second-order valence-electron chi connectivity index (χ2n) is 4.36. The number of benzene rings is 1. The average molecular weight is 217 g/mol. The summed E-state index contributed by atoms with van der Waals surface area (Å²) in [5.74, 6) is 0.845. The molecule has 0 aliphatic heterocycles. The first kappa shape index (κ1) is 9.39. The van der Waals surface area contributed by atoms with Gasteiger partial charge in [0.2, 0.25) is 0 Å². The van der Waals surface area contributed by atoms with Gasteiger partial charge in [-0.3, -0.25) is 0 Å². The summed E-state index contributed by atoms with van der Waals surface area (Å²) in [5.41, 5.74) is 1.53. The van der Waals surface area contributed by atoms with E-state index >= 15 is 0 Å². The van der Waals surface area contributed by atoms with Crippen molar-refractivity contribution in [3.63, 3.8) is 0 Å². The van der Waals surface area contributed by atoms with E-state index in [2.05, 4.69) is 11.9 Å². The lowest BCUT2D eigenvalue weighted by atomic mass is 10.2. The summed E-state index contributed by atoms with van der Waals surface area (Å²) in [6, 6.07) is 4.77. The maximum absolute atomic E-state index is 10.8. The molecule has 0 saturated heterocycles. The lowest BCUT2D eigenvalue weighted by Crippen LogP contribution is -1.94. The van der Waals surface area contributed by atoms with Crippen molar-refractivity contribution in [1.29, 1.82) is 0 Å². The van der Waals surface area contributed by atoms with Crippen LogP contribution in [0.3, 0.4) is 0 Å². The first-order chi connectivity index (χ1) is 7.65. The molecule has 2 atom stereocenters. The fourth-order valence-electron chi connectivity index (χ4n) is 1.90. The van der Waals surface area contributed by atoms with Crippen LogP contribution in [0.5, 0.6) is 0 Å². The van der Waals surface area contributed by atoms with Gasteiger partial charge >= 0.3 is 5.97 Å². The Labute approximate surface area is 91.9 Å². The van der Waals surface area contributed by atoms with Crippen LogP contribution in [0.15, 0.2) is 22.6 Å². The first-order valence-corrected chi connectivity index (χ1v) is 5.29. The van der Waals surface area contributed by atoms with Gasteiger partial charge in [0.1, 0.15) is 5.52 Å². The van der Waals surface area contributed by atoms with Gasteiger partial charge in [-0.2, -0.15) is 0 Å². The van der Waals surface area contributed by atoms with E-state index < -0.39 is 5.97 Å². The molecule has 1 fully saturated rings. The molecule has 16 heavy (non-hydrogen) atoms. The van der Waals surface area contributed by atoms with Crippen LogP contribution in [0, 0.1) is 5.92 Å². The van der Waals surface area contributed by atoms with Crippen LogP contribution in [0.25, 0.3) is 11.1 Å². The number of rotatable bonds is 2. The fourth-order valence-corrected chi connectivity index (χ4v) is 1.90. The Morgan fingerprint density at radius 1 is 1.56 bits per heavy atom. The number of carbonyl (C=O) groups is 1. The fraction of sp³-hybridized carbons (Fsp3) is 0.333. The summed E-state index contributed by atoms with van der Waals surface area (Å²) in [6.07, 6.45) is 1.11. The van der Waals surface area contributed by atoms with Gasteiger partial charge in [0.25, 0.3) is 0 Å². The third-order valence-corrected chi connectivity index (χ3v) is 3.08. The number of fused-ring (bicyclic) bond motifs is 1. The Morgan fingerprint density at radius 2 is 2.31 bits per heavy atom. The summed E-state index contributed by atoms with van der Waals surface area (Å²) >= 11 is 0. The molecule has 0 bridgehead atoms. The SMILES string of the molecule is CC1CC1c1nc2ccc(C(=O)O)cc2o1. The van der Waals surface area contributed by atoms with Crippen LogP contribution < -0.4 is 0 Å². The number of aromatic nitrogens is 1. The van der Waals surface area contributed by atoms with Crippen LogP contribution >= 0.6 is 0 Å². The molecule has 1 aliphatic carbocycles. The highest BCUT2D eigenvalue weighted by atomic mass is 16.4. The maximum Gasteiger partial charge on any atom is 0.335 e. The van der Waals surface area contributed by atoms with Crippen molar-refractivity contribution in [3.8, 4) is 0 Å². The highest BCUT2D eigenvalue weighted by Crippen LogP contribution is 2.47. The van der Waals surface area contributed by atoms with E-state index in [1.165, 1.54) is 6.07 Å². The molecule has 4 heteroatoms. The number of carboxylic acids is 1. The summed E-state index contributed by atoms with van der Waals surface area (Å²) < 4.78 is 5.58. The number of hydrogen-bond acceptors (Lipinski definition) is 3. The first-order valence-electron chi connectivity index (χ1n) is 5.29. The molecule has 82 valence electrons. The molecule has 1 N–H and O–H groups in total. The Morgan fingerprint density at radius 3 is 2.94 bits per heavy atom. The molecule has 2 aromatic rings. The second kappa shape index (κ2) is 3.07. The van der Waals surface area contributed by atoms with Crippen LogP contribution in [0.1, 0.15) is 35.5 Å².